The van der Waals surface area contributed by atoms with Crippen LogP contribution in [-0.2, 0) is 4.79 Å². The third-order valence-electron chi connectivity index (χ3n) is 1.33. The van der Waals surface area contributed by atoms with Crippen LogP contribution in [0.4, 0.5) is 4.79 Å². The maximum absolute atomic E-state index is 11.2. The summed E-state index contributed by atoms with van der Waals surface area (Å²) in [6.45, 7) is 0. The number of carbonyl (C=O) groups is 2. The number of amides is 2. The zero-order valence-corrected chi connectivity index (χ0v) is 7.26. The van der Waals surface area contributed by atoms with Crippen molar-refractivity contribution in [3.63, 3.8) is 0 Å². The van der Waals surface area contributed by atoms with E-state index in [1.54, 1.807) is 19.0 Å². The lowest BCUT2D eigenvalue weighted by Crippen LogP contribution is -2.27. The molecule has 0 saturated carbocycles. The molecule has 0 aliphatic carbocycles. The number of nitrogens with zero attached hydrogens (tertiary/aromatic N) is 3. The van der Waals surface area contributed by atoms with Gasteiger partial charge in [0, 0.05) is 20.3 Å². The molecule has 0 unspecified atom stereocenters. The highest BCUT2D eigenvalue weighted by Crippen LogP contribution is 2.09. The standard InChI is InChI=1S/C7H9N3O3/c1-9(2)4-5-3-8-10(6(5)11)7(12)13/h3-4H,1-2H3,(H,12,13). The summed E-state index contributed by atoms with van der Waals surface area (Å²) in [5.41, 5.74) is 0.257. The van der Waals surface area contributed by atoms with E-state index in [-0.39, 0.29) is 5.57 Å². The maximum atomic E-state index is 11.2. The summed E-state index contributed by atoms with van der Waals surface area (Å²) in [4.78, 5) is 23.2. The highest BCUT2D eigenvalue weighted by Gasteiger charge is 2.28. The van der Waals surface area contributed by atoms with Gasteiger partial charge in [0.1, 0.15) is 0 Å². The van der Waals surface area contributed by atoms with Crippen LogP contribution >= 0.6 is 0 Å². The number of hydrazone groups is 1. The molecule has 0 spiro atoms. The smallest absolute Gasteiger partial charge is 0.435 e. The van der Waals surface area contributed by atoms with Crippen LogP contribution in [0, 0.1) is 0 Å². The van der Waals surface area contributed by atoms with Crippen LogP contribution in [-0.4, -0.2) is 47.3 Å². The Morgan fingerprint density at radius 2 is 2.31 bits per heavy atom. The molecule has 0 aromatic carbocycles. The minimum absolute atomic E-state index is 0.257. The Hall–Kier alpha value is -1.85. The zero-order chi connectivity index (χ0) is 10.0. The number of rotatable bonds is 1. The van der Waals surface area contributed by atoms with Crippen molar-refractivity contribution in [2.45, 2.75) is 0 Å². The van der Waals surface area contributed by atoms with Crippen molar-refractivity contribution in [1.82, 2.24) is 9.91 Å². The van der Waals surface area contributed by atoms with Crippen molar-refractivity contribution in [1.29, 1.82) is 0 Å². The molecule has 0 atom stereocenters. The van der Waals surface area contributed by atoms with E-state index < -0.39 is 12.0 Å². The Kier molecular flexibility index (Phi) is 2.32. The molecule has 13 heavy (non-hydrogen) atoms. The molecule has 70 valence electrons. The molecule has 0 radical (unpaired) electrons. The highest BCUT2D eigenvalue weighted by molar-refractivity contribution is 6.19. The molecular weight excluding hydrogens is 174 g/mol. The molecule has 0 bridgehead atoms. The summed E-state index contributed by atoms with van der Waals surface area (Å²) in [7, 11) is 3.47. The van der Waals surface area contributed by atoms with Crippen molar-refractivity contribution in [2.75, 3.05) is 14.1 Å². The number of hydrogen-bond acceptors (Lipinski definition) is 4. The summed E-state index contributed by atoms with van der Waals surface area (Å²) in [6.07, 6.45) is 1.36. The van der Waals surface area contributed by atoms with Crippen molar-refractivity contribution in [2.24, 2.45) is 5.10 Å². The summed E-state index contributed by atoms with van der Waals surface area (Å²) in [5.74, 6) is -0.624. The van der Waals surface area contributed by atoms with Gasteiger partial charge in [0.15, 0.2) is 0 Å². The molecule has 6 nitrogen and oxygen atoms in total. The monoisotopic (exact) mass is 183 g/mol. The first-order chi connectivity index (χ1) is 6.02. The number of imide groups is 1. The summed E-state index contributed by atoms with van der Waals surface area (Å²) < 4.78 is 0. The lowest BCUT2D eigenvalue weighted by atomic mass is 10.3. The number of hydrogen-bond donors (Lipinski definition) is 1. The predicted molar refractivity (Wildman–Crippen MR) is 45.1 cm³/mol. The van der Waals surface area contributed by atoms with Gasteiger partial charge < -0.3 is 10.0 Å². The van der Waals surface area contributed by atoms with Gasteiger partial charge in [-0.2, -0.15) is 5.10 Å². The average Bonchev–Trinajstić information content (AvgIpc) is 2.32. The molecule has 0 aromatic heterocycles. The van der Waals surface area contributed by atoms with Crippen LogP contribution in [0.1, 0.15) is 0 Å². The van der Waals surface area contributed by atoms with E-state index in [0.29, 0.717) is 5.01 Å². The SMILES string of the molecule is CN(C)C=C1C=NN(C(=O)O)C1=O. The molecule has 0 fully saturated rings. The fourth-order valence-corrected chi connectivity index (χ4v) is 0.853. The van der Waals surface area contributed by atoms with Crippen LogP contribution in [0.2, 0.25) is 0 Å². The van der Waals surface area contributed by atoms with Gasteiger partial charge >= 0.3 is 6.09 Å². The first kappa shape index (κ1) is 9.24. The molecule has 0 aromatic rings. The molecule has 2 amide bonds. The number of carbonyl (C=O) groups excluding carboxylic acids is 1. The van der Waals surface area contributed by atoms with E-state index in [0.717, 1.165) is 0 Å². The van der Waals surface area contributed by atoms with Crippen LogP contribution in [0.3, 0.4) is 0 Å². The van der Waals surface area contributed by atoms with Crippen LogP contribution in [0.5, 0.6) is 0 Å². The van der Waals surface area contributed by atoms with E-state index in [4.69, 9.17) is 5.11 Å². The van der Waals surface area contributed by atoms with Crippen LogP contribution in [0.15, 0.2) is 16.9 Å². The van der Waals surface area contributed by atoms with Crippen molar-refractivity contribution < 1.29 is 14.7 Å². The van der Waals surface area contributed by atoms with Gasteiger partial charge in [-0.05, 0) is 0 Å². The molecule has 1 rings (SSSR count). The first-order valence-corrected chi connectivity index (χ1v) is 3.52. The van der Waals surface area contributed by atoms with Gasteiger partial charge in [-0.3, -0.25) is 4.79 Å². The van der Waals surface area contributed by atoms with E-state index in [1.165, 1.54) is 12.4 Å². The second-order valence-corrected chi connectivity index (χ2v) is 2.69. The Morgan fingerprint density at radius 3 is 2.69 bits per heavy atom. The summed E-state index contributed by atoms with van der Waals surface area (Å²) >= 11 is 0. The summed E-state index contributed by atoms with van der Waals surface area (Å²) in [5, 5.41) is 12.3. The van der Waals surface area contributed by atoms with Crippen molar-refractivity contribution in [3.05, 3.63) is 11.8 Å². The molecule has 6 heteroatoms. The third kappa shape index (κ3) is 1.84. The summed E-state index contributed by atoms with van der Waals surface area (Å²) in [6, 6.07) is 0. The second kappa shape index (κ2) is 3.26. The Labute approximate surface area is 74.7 Å². The molecule has 1 aliphatic rings. The second-order valence-electron chi connectivity index (χ2n) is 2.69. The van der Waals surface area contributed by atoms with Gasteiger partial charge in [0.25, 0.3) is 5.91 Å². The lowest BCUT2D eigenvalue weighted by Gasteiger charge is -2.06. The lowest BCUT2D eigenvalue weighted by molar-refractivity contribution is -0.123. The molecular formula is C7H9N3O3. The Morgan fingerprint density at radius 1 is 1.69 bits per heavy atom. The van der Waals surface area contributed by atoms with Crippen molar-refractivity contribution in [3.8, 4) is 0 Å². The molecule has 1 heterocycles. The molecule has 1 N–H and O–H groups in total. The predicted octanol–water partition coefficient (Wildman–Crippen LogP) is -0.0621. The van der Waals surface area contributed by atoms with Crippen LogP contribution < -0.4 is 0 Å². The quantitative estimate of drug-likeness (QED) is 0.578. The van der Waals surface area contributed by atoms with Crippen molar-refractivity contribution >= 4 is 18.2 Å². The first-order valence-electron chi connectivity index (χ1n) is 3.52. The highest BCUT2D eigenvalue weighted by atomic mass is 16.4. The van der Waals surface area contributed by atoms with E-state index in [1.807, 2.05) is 0 Å². The maximum Gasteiger partial charge on any atom is 0.435 e. The minimum Gasteiger partial charge on any atom is -0.463 e. The fourth-order valence-electron chi connectivity index (χ4n) is 0.853. The largest absolute Gasteiger partial charge is 0.463 e. The molecule has 1 aliphatic heterocycles. The third-order valence-corrected chi connectivity index (χ3v) is 1.33. The zero-order valence-electron chi connectivity index (χ0n) is 7.26. The van der Waals surface area contributed by atoms with Gasteiger partial charge in [-0.25, -0.2) is 4.79 Å². The fraction of sp³-hybridized carbons (Fsp3) is 0.286. The van der Waals surface area contributed by atoms with Crippen LogP contribution in [0.25, 0.3) is 0 Å². The van der Waals surface area contributed by atoms with Gasteiger partial charge in [0.05, 0.1) is 11.8 Å². The van der Waals surface area contributed by atoms with E-state index in [9.17, 15) is 9.59 Å². The Bertz CT molecular complexity index is 306. The average molecular weight is 183 g/mol. The van der Waals surface area contributed by atoms with Gasteiger partial charge in [-0.15, -0.1) is 5.01 Å². The van der Waals surface area contributed by atoms with E-state index >= 15 is 0 Å². The topological polar surface area (TPSA) is 73.2 Å². The van der Waals surface area contributed by atoms with E-state index in [2.05, 4.69) is 5.10 Å². The minimum atomic E-state index is -1.37. The number of carboxylic acid groups (broad SMARTS) is 1. The normalized spacial score (nSPS) is 18.5. The van der Waals surface area contributed by atoms with Gasteiger partial charge in [0.2, 0.25) is 0 Å². The Balaban J connectivity index is 2.84. The molecule has 0 saturated heterocycles. The van der Waals surface area contributed by atoms with Gasteiger partial charge in [-0.1, -0.05) is 0 Å².